The Morgan fingerprint density at radius 1 is 1.33 bits per heavy atom. The van der Waals surface area contributed by atoms with Crippen LogP contribution in [0.5, 0.6) is 0 Å². The van der Waals surface area contributed by atoms with E-state index in [9.17, 15) is 0 Å². The molecule has 2 heterocycles. The van der Waals surface area contributed by atoms with Crippen molar-refractivity contribution in [2.75, 3.05) is 30.3 Å². The van der Waals surface area contributed by atoms with Gasteiger partial charge in [0, 0.05) is 25.3 Å². The summed E-state index contributed by atoms with van der Waals surface area (Å²) >= 11 is 0. The molecule has 2 rings (SSSR count). The van der Waals surface area contributed by atoms with Gasteiger partial charge in [-0.3, -0.25) is 0 Å². The quantitative estimate of drug-likeness (QED) is 0.810. The molecule has 0 bridgehead atoms. The van der Waals surface area contributed by atoms with Gasteiger partial charge < -0.3 is 15.4 Å². The van der Waals surface area contributed by atoms with Gasteiger partial charge in [0.05, 0.1) is 6.10 Å². The Hall–Kier alpha value is -1.36. The van der Waals surface area contributed by atoms with E-state index in [1.807, 2.05) is 6.92 Å². The maximum absolute atomic E-state index is 5.60. The van der Waals surface area contributed by atoms with Crippen LogP contribution in [0.4, 0.5) is 11.6 Å². The summed E-state index contributed by atoms with van der Waals surface area (Å²) in [6.45, 7) is 6.78. The molecule has 100 valence electrons. The predicted octanol–water partition coefficient (Wildman–Crippen LogP) is 2.20. The molecule has 5 heteroatoms. The molecule has 1 saturated heterocycles. The van der Waals surface area contributed by atoms with E-state index in [4.69, 9.17) is 4.74 Å². The lowest BCUT2D eigenvalue weighted by atomic mass is 10.2. The van der Waals surface area contributed by atoms with Crippen LogP contribution in [0.2, 0.25) is 0 Å². The highest BCUT2D eigenvalue weighted by atomic mass is 16.5. The van der Waals surface area contributed by atoms with Gasteiger partial charge in [0.15, 0.2) is 0 Å². The topological polar surface area (TPSA) is 59.1 Å². The van der Waals surface area contributed by atoms with Crippen molar-refractivity contribution in [3.63, 3.8) is 0 Å². The summed E-state index contributed by atoms with van der Waals surface area (Å²) < 4.78 is 5.60. The Morgan fingerprint density at radius 2 is 2.11 bits per heavy atom. The zero-order chi connectivity index (χ0) is 12.8. The Bertz CT molecular complexity index is 377. The van der Waals surface area contributed by atoms with Crippen LogP contribution in [0, 0.1) is 6.92 Å². The van der Waals surface area contributed by atoms with Crippen molar-refractivity contribution < 1.29 is 4.74 Å². The van der Waals surface area contributed by atoms with Gasteiger partial charge in [0.2, 0.25) is 0 Å². The van der Waals surface area contributed by atoms with Crippen LogP contribution in [-0.4, -0.2) is 35.8 Å². The first kappa shape index (κ1) is 13.1. The largest absolute Gasteiger partial charge is 0.378 e. The van der Waals surface area contributed by atoms with E-state index in [2.05, 4.69) is 27.5 Å². The minimum Gasteiger partial charge on any atom is -0.378 e. The fraction of sp³-hybridized carbons (Fsp3) is 0.692. The number of ether oxygens (including phenoxy) is 1. The summed E-state index contributed by atoms with van der Waals surface area (Å²) in [4.78, 5) is 8.51. The molecule has 1 aliphatic rings. The molecule has 1 unspecified atom stereocenters. The molecule has 1 fully saturated rings. The maximum Gasteiger partial charge on any atom is 0.134 e. The van der Waals surface area contributed by atoms with Crippen LogP contribution in [-0.2, 0) is 4.74 Å². The Morgan fingerprint density at radius 3 is 2.78 bits per heavy atom. The van der Waals surface area contributed by atoms with Crippen LogP contribution < -0.4 is 10.6 Å². The van der Waals surface area contributed by atoms with Crippen LogP contribution >= 0.6 is 0 Å². The van der Waals surface area contributed by atoms with Gasteiger partial charge >= 0.3 is 0 Å². The molecule has 2 N–H and O–H groups in total. The average molecular weight is 250 g/mol. The molecule has 0 aliphatic carbocycles. The number of rotatable bonds is 6. The van der Waals surface area contributed by atoms with Crippen molar-refractivity contribution >= 4 is 11.6 Å². The molecule has 0 amide bonds. The van der Waals surface area contributed by atoms with E-state index in [0.29, 0.717) is 6.10 Å². The maximum atomic E-state index is 5.60. The van der Waals surface area contributed by atoms with Gasteiger partial charge in [-0.05, 0) is 33.1 Å². The third-order valence-corrected chi connectivity index (χ3v) is 3.21. The molecule has 18 heavy (non-hydrogen) atoms. The number of nitrogens with zero attached hydrogens (tertiary/aromatic N) is 2. The monoisotopic (exact) mass is 250 g/mol. The lowest BCUT2D eigenvalue weighted by Gasteiger charge is -2.13. The second kappa shape index (κ2) is 6.54. The summed E-state index contributed by atoms with van der Waals surface area (Å²) in [5, 5.41) is 6.60. The fourth-order valence-corrected chi connectivity index (χ4v) is 2.20. The first-order valence-electron chi connectivity index (χ1n) is 6.72. The van der Waals surface area contributed by atoms with Crippen molar-refractivity contribution in [1.82, 2.24) is 9.97 Å². The Kier molecular flexibility index (Phi) is 4.75. The number of hydrogen-bond donors (Lipinski definition) is 2. The van der Waals surface area contributed by atoms with Crippen molar-refractivity contribution in [2.24, 2.45) is 0 Å². The summed E-state index contributed by atoms with van der Waals surface area (Å²) in [6, 6.07) is 0. The normalized spacial score (nSPS) is 18.9. The summed E-state index contributed by atoms with van der Waals surface area (Å²) in [7, 11) is 0. The highest BCUT2D eigenvalue weighted by Gasteiger charge is 2.15. The molecule has 0 saturated carbocycles. The summed E-state index contributed by atoms with van der Waals surface area (Å²) in [5.74, 6) is 1.83. The fourth-order valence-electron chi connectivity index (χ4n) is 2.20. The zero-order valence-electron chi connectivity index (χ0n) is 11.2. The third-order valence-electron chi connectivity index (χ3n) is 3.21. The number of hydrogen-bond acceptors (Lipinski definition) is 5. The SMILES string of the molecule is CCNc1ncnc(NCCC2CCCO2)c1C. The van der Waals surface area contributed by atoms with Crippen molar-refractivity contribution in [1.29, 1.82) is 0 Å². The van der Waals surface area contributed by atoms with E-state index < -0.39 is 0 Å². The third kappa shape index (κ3) is 3.32. The smallest absolute Gasteiger partial charge is 0.134 e. The zero-order valence-corrected chi connectivity index (χ0v) is 11.2. The van der Waals surface area contributed by atoms with Gasteiger partial charge in [-0.25, -0.2) is 9.97 Å². The molecule has 0 spiro atoms. The highest BCUT2D eigenvalue weighted by Crippen LogP contribution is 2.19. The van der Waals surface area contributed by atoms with E-state index in [-0.39, 0.29) is 0 Å². The second-order valence-corrected chi connectivity index (χ2v) is 4.58. The van der Waals surface area contributed by atoms with Gasteiger partial charge in [0.25, 0.3) is 0 Å². The van der Waals surface area contributed by atoms with Crippen molar-refractivity contribution in [3.8, 4) is 0 Å². The molecule has 0 aromatic carbocycles. The summed E-state index contributed by atoms with van der Waals surface area (Å²) in [6.07, 6.45) is 5.45. The van der Waals surface area contributed by atoms with Gasteiger partial charge in [-0.2, -0.15) is 0 Å². The minimum absolute atomic E-state index is 0.424. The molecule has 1 aromatic rings. The lowest BCUT2D eigenvalue weighted by Crippen LogP contribution is -2.14. The average Bonchev–Trinajstić information content (AvgIpc) is 2.87. The van der Waals surface area contributed by atoms with Gasteiger partial charge in [0.1, 0.15) is 18.0 Å². The number of nitrogens with one attached hydrogen (secondary N) is 2. The molecule has 0 radical (unpaired) electrons. The van der Waals surface area contributed by atoms with Crippen LogP contribution in [0.25, 0.3) is 0 Å². The van der Waals surface area contributed by atoms with E-state index >= 15 is 0 Å². The number of anilines is 2. The van der Waals surface area contributed by atoms with Crippen LogP contribution in [0.15, 0.2) is 6.33 Å². The predicted molar refractivity (Wildman–Crippen MR) is 73.0 cm³/mol. The molecule has 1 aliphatic heterocycles. The standard InChI is InChI=1S/C13H22N4O/c1-3-14-12-10(2)13(17-9-16-12)15-7-6-11-5-4-8-18-11/h9,11H,3-8H2,1-2H3,(H2,14,15,16,17). The molecular formula is C13H22N4O. The summed E-state index contributed by atoms with van der Waals surface area (Å²) in [5.41, 5.74) is 1.08. The highest BCUT2D eigenvalue weighted by molar-refractivity contribution is 5.56. The van der Waals surface area contributed by atoms with Gasteiger partial charge in [-0.1, -0.05) is 0 Å². The van der Waals surface area contributed by atoms with Gasteiger partial charge in [-0.15, -0.1) is 0 Å². The van der Waals surface area contributed by atoms with E-state index in [0.717, 1.165) is 43.3 Å². The first-order valence-corrected chi connectivity index (χ1v) is 6.72. The molecule has 1 aromatic heterocycles. The Labute approximate surface area is 108 Å². The van der Waals surface area contributed by atoms with E-state index in [1.165, 1.54) is 12.8 Å². The first-order chi connectivity index (χ1) is 8.81. The minimum atomic E-state index is 0.424. The second-order valence-electron chi connectivity index (χ2n) is 4.58. The molecular weight excluding hydrogens is 228 g/mol. The van der Waals surface area contributed by atoms with E-state index in [1.54, 1.807) is 6.33 Å². The lowest BCUT2D eigenvalue weighted by molar-refractivity contribution is 0.107. The number of aromatic nitrogens is 2. The molecule has 1 atom stereocenters. The van der Waals surface area contributed by atoms with Crippen molar-refractivity contribution in [2.45, 2.75) is 39.2 Å². The van der Waals surface area contributed by atoms with Crippen LogP contribution in [0.3, 0.4) is 0 Å². The Balaban J connectivity index is 1.86. The van der Waals surface area contributed by atoms with Crippen molar-refractivity contribution in [3.05, 3.63) is 11.9 Å². The molecule has 5 nitrogen and oxygen atoms in total. The van der Waals surface area contributed by atoms with Crippen LogP contribution in [0.1, 0.15) is 31.7 Å².